The van der Waals surface area contributed by atoms with Gasteiger partial charge in [0.15, 0.2) is 0 Å². The Labute approximate surface area is 213 Å². The van der Waals surface area contributed by atoms with E-state index in [0.717, 1.165) is 16.7 Å². The molecule has 4 aromatic carbocycles. The molecule has 0 radical (unpaired) electrons. The summed E-state index contributed by atoms with van der Waals surface area (Å²) in [5, 5.41) is 2.91. The number of primary amides is 1. The Hall–Kier alpha value is -4.03. The van der Waals surface area contributed by atoms with Crippen LogP contribution in [0.1, 0.15) is 23.1 Å². The van der Waals surface area contributed by atoms with Gasteiger partial charge in [-0.1, -0.05) is 109 Å². The largest absolute Gasteiger partial charge is 0.368 e. The van der Waals surface area contributed by atoms with E-state index in [0.29, 0.717) is 4.90 Å². The quantitative estimate of drug-likeness (QED) is 0.323. The minimum Gasteiger partial charge on any atom is -0.368 e. The molecule has 0 aliphatic carbocycles. The first kappa shape index (κ1) is 25.1. The third-order valence-corrected chi connectivity index (χ3v) is 7.61. The van der Waals surface area contributed by atoms with E-state index in [1.54, 1.807) is 12.1 Å². The fraction of sp³-hybridized carbons (Fsp3) is 0.133. The molecule has 0 unspecified atom stereocenters. The molecule has 0 fully saturated rings. The second-order valence-electron chi connectivity index (χ2n) is 8.43. The molecule has 0 heterocycles. The van der Waals surface area contributed by atoms with Crippen LogP contribution in [0.2, 0.25) is 0 Å². The van der Waals surface area contributed by atoms with E-state index in [4.69, 9.17) is 5.73 Å². The van der Waals surface area contributed by atoms with Crippen LogP contribution in [-0.2, 0) is 25.8 Å². The summed E-state index contributed by atoms with van der Waals surface area (Å²) < 4.78 is 12.8. The van der Waals surface area contributed by atoms with Gasteiger partial charge in [-0.3, -0.25) is 13.8 Å². The van der Waals surface area contributed by atoms with Gasteiger partial charge in [0, 0.05) is 10.6 Å². The fourth-order valence-corrected chi connectivity index (χ4v) is 5.57. The third-order valence-electron chi connectivity index (χ3n) is 6.21. The van der Waals surface area contributed by atoms with E-state index >= 15 is 0 Å². The number of carbonyl (C=O) groups is 2. The zero-order valence-corrected chi connectivity index (χ0v) is 20.6. The highest BCUT2D eigenvalue weighted by Crippen LogP contribution is 2.39. The molecule has 0 bridgehead atoms. The van der Waals surface area contributed by atoms with Crippen LogP contribution in [0.25, 0.3) is 0 Å². The summed E-state index contributed by atoms with van der Waals surface area (Å²) in [6, 6.07) is 36.5. The molecule has 0 saturated carbocycles. The first-order valence-corrected chi connectivity index (χ1v) is 13.1. The van der Waals surface area contributed by atoms with Gasteiger partial charge in [-0.15, -0.1) is 0 Å². The highest BCUT2D eigenvalue weighted by molar-refractivity contribution is 7.85. The number of benzene rings is 4. The minimum absolute atomic E-state index is 0.150. The van der Waals surface area contributed by atoms with E-state index in [2.05, 4.69) is 5.32 Å². The van der Waals surface area contributed by atoms with Crippen LogP contribution in [0, 0.1) is 0 Å². The van der Waals surface area contributed by atoms with Crippen molar-refractivity contribution in [2.75, 3.05) is 5.75 Å². The van der Waals surface area contributed by atoms with Crippen molar-refractivity contribution in [1.82, 2.24) is 5.32 Å². The number of nitrogens with two attached hydrogens (primary N) is 1. The summed E-state index contributed by atoms with van der Waals surface area (Å²) in [4.78, 5) is 27.4. The number of hydrogen-bond donors (Lipinski definition) is 2. The normalized spacial score (nSPS) is 12.9. The SMILES string of the molecule is NC(=O)[C@@H](CC[S@@](=O)c1ccccc1)NC(=O)C(c1ccccc1)(c1ccccc1)c1ccccc1. The Kier molecular flexibility index (Phi) is 8.08. The lowest BCUT2D eigenvalue weighted by molar-refractivity contribution is -0.129. The van der Waals surface area contributed by atoms with E-state index in [9.17, 15) is 13.8 Å². The molecule has 0 saturated heterocycles. The van der Waals surface area contributed by atoms with Gasteiger partial charge in [0.1, 0.15) is 11.5 Å². The second kappa shape index (κ2) is 11.6. The number of carbonyl (C=O) groups excluding carboxylic acids is 2. The van der Waals surface area contributed by atoms with Crippen LogP contribution >= 0.6 is 0 Å². The zero-order valence-electron chi connectivity index (χ0n) is 19.7. The Morgan fingerprint density at radius 1 is 0.694 bits per heavy atom. The topological polar surface area (TPSA) is 89.3 Å². The van der Waals surface area contributed by atoms with Gasteiger partial charge in [-0.05, 0) is 35.2 Å². The average molecular weight is 497 g/mol. The van der Waals surface area contributed by atoms with Crippen molar-refractivity contribution in [1.29, 1.82) is 0 Å². The third kappa shape index (κ3) is 5.29. The van der Waals surface area contributed by atoms with Crippen LogP contribution in [0.3, 0.4) is 0 Å². The summed E-state index contributed by atoms with van der Waals surface area (Å²) >= 11 is 0. The molecule has 0 aliphatic heterocycles. The van der Waals surface area contributed by atoms with Crippen LogP contribution in [0.15, 0.2) is 126 Å². The van der Waals surface area contributed by atoms with E-state index in [1.807, 2.05) is 109 Å². The minimum atomic E-state index is -1.32. The second-order valence-corrected chi connectivity index (χ2v) is 10.00. The molecule has 182 valence electrons. The van der Waals surface area contributed by atoms with Gasteiger partial charge in [0.2, 0.25) is 11.8 Å². The summed E-state index contributed by atoms with van der Waals surface area (Å²) in [5.41, 5.74) is 6.77. The summed E-state index contributed by atoms with van der Waals surface area (Å²) in [7, 11) is -1.32. The monoisotopic (exact) mass is 496 g/mol. The molecule has 36 heavy (non-hydrogen) atoms. The summed E-state index contributed by atoms with van der Waals surface area (Å²) in [5.74, 6) is -0.857. The van der Waals surface area contributed by atoms with E-state index < -0.39 is 28.2 Å². The Balaban J connectivity index is 1.73. The summed E-state index contributed by atoms with van der Waals surface area (Å²) in [6.45, 7) is 0. The Morgan fingerprint density at radius 2 is 1.08 bits per heavy atom. The van der Waals surface area contributed by atoms with Crippen LogP contribution in [-0.4, -0.2) is 27.8 Å². The lowest BCUT2D eigenvalue weighted by Gasteiger charge is -2.35. The lowest BCUT2D eigenvalue weighted by Crippen LogP contribution is -2.53. The molecule has 3 N–H and O–H groups in total. The van der Waals surface area contributed by atoms with E-state index in [1.165, 1.54) is 0 Å². The number of hydrogen-bond acceptors (Lipinski definition) is 3. The van der Waals surface area contributed by atoms with Crippen LogP contribution in [0.5, 0.6) is 0 Å². The van der Waals surface area contributed by atoms with Crippen molar-refractivity contribution in [2.24, 2.45) is 5.73 Å². The molecule has 0 aromatic heterocycles. The number of amides is 2. The molecule has 0 aliphatic rings. The van der Waals surface area contributed by atoms with Crippen molar-refractivity contribution in [3.8, 4) is 0 Å². The van der Waals surface area contributed by atoms with Crippen LogP contribution < -0.4 is 11.1 Å². The van der Waals surface area contributed by atoms with E-state index in [-0.39, 0.29) is 18.1 Å². The van der Waals surface area contributed by atoms with Gasteiger partial charge in [0.25, 0.3) is 0 Å². The molecule has 4 rings (SSSR count). The summed E-state index contributed by atoms with van der Waals surface area (Å²) in [6.07, 6.45) is 0.150. The zero-order chi connectivity index (χ0) is 25.4. The van der Waals surface area contributed by atoms with Gasteiger partial charge in [-0.25, -0.2) is 0 Å². The Bertz CT molecular complexity index is 1220. The fourth-order valence-electron chi connectivity index (χ4n) is 4.42. The standard InChI is InChI=1S/C30H28N2O3S/c31-28(33)27(21-22-36(35)26-19-11-4-12-20-26)32-29(34)30(23-13-5-1-6-14-23,24-15-7-2-8-16-24)25-17-9-3-10-18-25/h1-20,27H,21-22H2,(H2,31,33)(H,32,34)/t27-,36-/m1/s1. The Morgan fingerprint density at radius 3 is 1.47 bits per heavy atom. The van der Waals surface area contributed by atoms with Crippen molar-refractivity contribution in [3.05, 3.63) is 138 Å². The van der Waals surface area contributed by atoms with Crippen molar-refractivity contribution >= 4 is 22.6 Å². The molecule has 2 atom stereocenters. The molecule has 5 nitrogen and oxygen atoms in total. The molecular formula is C30H28N2O3S. The van der Waals surface area contributed by atoms with Gasteiger partial charge in [0.05, 0.1) is 10.8 Å². The number of nitrogens with one attached hydrogen (secondary N) is 1. The number of rotatable bonds is 10. The molecule has 4 aromatic rings. The maximum Gasteiger partial charge on any atom is 0.240 e. The van der Waals surface area contributed by atoms with Gasteiger partial charge in [-0.2, -0.15) is 0 Å². The van der Waals surface area contributed by atoms with Crippen molar-refractivity contribution in [2.45, 2.75) is 22.8 Å². The van der Waals surface area contributed by atoms with Crippen LogP contribution in [0.4, 0.5) is 0 Å². The average Bonchev–Trinajstić information content (AvgIpc) is 2.93. The molecule has 0 spiro atoms. The highest BCUT2D eigenvalue weighted by Gasteiger charge is 2.44. The lowest BCUT2D eigenvalue weighted by atomic mass is 9.68. The first-order chi connectivity index (χ1) is 17.5. The van der Waals surface area contributed by atoms with Gasteiger partial charge < -0.3 is 11.1 Å². The first-order valence-electron chi connectivity index (χ1n) is 11.7. The highest BCUT2D eigenvalue weighted by atomic mass is 32.2. The molecule has 6 heteroatoms. The molecular weight excluding hydrogens is 468 g/mol. The predicted octanol–water partition coefficient (Wildman–Crippen LogP) is 4.19. The smallest absolute Gasteiger partial charge is 0.240 e. The predicted molar refractivity (Wildman–Crippen MR) is 143 cm³/mol. The molecule has 2 amide bonds. The van der Waals surface area contributed by atoms with Crippen molar-refractivity contribution < 1.29 is 13.8 Å². The van der Waals surface area contributed by atoms with Gasteiger partial charge >= 0.3 is 0 Å². The maximum atomic E-state index is 14.3. The van der Waals surface area contributed by atoms with Crippen molar-refractivity contribution in [3.63, 3.8) is 0 Å². The maximum absolute atomic E-state index is 14.3.